The van der Waals surface area contributed by atoms with Crippen molar-refractivity contribution in [3.63, 3.8) is 0 Å². The van der Waals surface area contributed by atoms with Gasteiger partial charge in [-0.3, -0.25) is 0 Å². The fourth-order valence-electron chi connectivity index (χ4n) is 5.45. The molecule has 0 atom stereocenters. The number of nitrogens with one attached hydrogen (secondary N) is 1. The van der Waals surface area contributed by atoms with Crippen molar-refractivity contribution in [2.45, 2.75) is 200 Å². The molecular formula is C40H75N. The Kier molecular flexibility index (Phi) is 36.0. The molecule has 0 aliphatic rings. The van der Waals surface area contributed by atoms with Crippen molar-refractivity contribution < 1.29 is 0 Å². The van der Waals surface area contributed by atoms with Crippen LogP contribution in [0.3, 0.4) is 0 Å². The Morgan fingerprint density at radius 3 is 1.07 bits per heavy atom. The second-order valence-electron chi connectivity index (χ2n) is 12.4. The Bertz CT molecular complexity index is 536. The van der Waals surface area contributed by atoms with Gasteiger partial charge in [-0.05, 0) is 90.0 Å². The summed E-state index contributed by atoms with van der Waals surface area (Å²) < 4.78 is 0. The van der Waals surface area contributed by atoms with E-state index in [1.54, 1.807) is 0 Å². The minimum Gasteiger partial charge on any atom is -0.314 e. The van der Waals surface area contributed by atoms with E-state index < -0.39 is 0 Å². The van der Waals surface area contributed by atoms with Crippen molar-refractivity contribution in [2.24, 2.45) is 0 Å². The third kappa shape index (κ3) is 35.0. The molecule has 0 aromatic carbocycles. The van der Waals surface area contributed by atoms with Gasteiger partial charge in [0, 0.05) is 6.04 Å². The maximum atomic E-state index is 3.85. The third-order valence-corrected chi connectivity index (χ3v) is 8.19. The van der Waals surface area contributed by atoms with Crippen LogP contribution in [-0.4, -0.2) is 12.6 Å². The molecule has 0 aliphatic heterocycles. The quantitative estimate of drug-likeness (QED) is 0.0612. The predicted molar refractivity (Wildman–Crippen MR) is 190 cm³/mol. The molecule has 0 aliphatic carbocycles. The Hall–Kier alpha value is -1.08. The molecule has 0 unspecified atom stereocenters. The first-order chi connectivity index (χ1) is 20.3. The maximum Gasteiger partial charge on any atom is 0.00670 e. The lowest BCUT2D eigenvalue weighted by molar-refractivity contribution is 0.412. The first-order valence-corrected chi connectivity index (χ1v) is 18.7. The lowest BCUT2D eigenvalue weighted by atomic mass is 9.99. The van der Waals surface area contributed by atoms with Crippen LogP contribution in [-0.2, 0) is 0 Å². The normalized spacial score (nSPS) is 12.5. The van der Waals surface area contributed by atoms with E-state index in [2.05, 4.69) is 74.7 Å². The van der Waals surface area contributed by atoms with Gasteiger partial charge in [-0.25, -0.2) is 0 Å². The van der Waals surface area contributed by atoms with Crippen molar-refractivity contribution in [3.8, 4) is 0 Å². The van der Waals surface area contributed by atoms with Gasteiger partial charge in [0.15, 0.2) is 0 Å². The summed E-state index contributed by atoms with van der Waals surface area (Å²) in [6.07, 6.45) is 55.2. The first-order valence-electron chi connectivity index (χ1n) is 18.7. The van der Waals surface area contributed by atoms with Gasteiger partial charge in [0.25, 0.3) is 0 Å². The third-order valence-electron chi connectivity index (χ3n) is 8.19. The van der Waals surface area contributed by atoms with Crippen LogP contribution in [0.4, 0.5) is 0 Å². The van der Waals surface area contributed by atoms with Crippen molar-refractivity contribution in [2.75, 3.05) is 6.54 Å². The lowest BCUT2D eigenvalue weighted by Crippen LogP contribution is -2.29. The van der Waals surface area contributed by atoms with Crippen molar-refractivity contribution >= 4 is 0 Å². The molecule has 0 saturated carbocycles. The van der Waals surface area contributed by atoms with Crippen LogP contribution in [0.15, 0.2) is 48.6 Å². The molecule has 240 valence electrons. The Balaban J connectivity index is 3.60. The zero-order chi connectivity index (χ0) is 29.7. The van der Waals surface area contributed by atoms with Crippen molar-refractivity contribution in [1.29, 1.82) is 0 Å². The fourth-order valence-corrected chi connectivity index (χ4v) is 5.45. The summed E-state index contributed by atoms with van der Waals surface area (Å²) in [7, 11) is 0. The van der Waals surface area contributed by atoms with Gasteiger partial charge in [-0.15, -0.1) is 0 Å². The number of rotatable bonds is 33. The molecule has 0 spiro atoms. The van der Waals surface area contributed by atoms with Gasteiger partial charge in [0.2, 0.25) is 0 Å². The molecule has 0 radical (unpaired) electrons. The van der Waals surface area contributed by atoms with E-state index in [9.17, 15) is 0 Å². The van der Waals surface area contributed by atoms with Gasteiger partial charge in [-0.1, -0.05) is 159 Å². The SMILES string of the molecule is CCCCC/C=C\C/C=C\CCCCCCCCC(CCCCCCCC/C=C\C/C=C\CCCCC)NCCC. The summed E-state index contributed by atoms with van der Waals surface area (Å²) in [6.45, 7) is 8.03. The number of unbranched alkanes of at least 4 members (excludes halogenated alkanes) is 18. The molecule has 0 amide bonds. The van der Waals surface area contributed by atoms with E-state index in [0.29, 0.717) is 0 Å². The van der Waals surface area contributed by atoms with E-state index in [4.69, 9.17) is 0 Å². The number of hydrogen-bond donors (Lipinski definition) is 1. The first kappa shape index (κ1) is 39.9. The summed E-state index contributed by atoms with van der Waals surface area (Å²) in [5.74, 6) is 0. The molecule has 0 heterocycles. The monoisotopic (exact) mass is 570 g/mol. The van der Waals surface area contributed by atoms with Gasteiger partial charge >= 0.3 is 0 Å². The van der Waals surface area contributed by atoms with Gasteiger partial charge in [0.1, 0.15) is 0 Å². The molecule has 41 heavy (non-hydrogen) atoms. The highest BCUT2D eigenvalue weighted by Gasteiger charge is 2.07. The molecule has 0 fully saturated rings. The average Bonchev–Trinajstić information content (AvgIpc) is 2.98. The predicted octanol–water partition coefficient (Wildman–Crippen LogP) is 13.8. The Labute approximate surface area is 260 Å². The summed E-state index contributed by atoms with van der Waals surface area (Å²) >= 11 is 0. The molecular weight excluding hydrogens is 494 g/mol. The minimum absolute atomic E-state index is 0.756. The molecule has 0 aromatic rings. The highest BCUT2D eigenvalue weighted by Crippen LogP contribution is 2.15. The standard InChI is InChI=1S/C40H75N/c1-4-7-9-11-13-15-17-19-21-23-25-27-29-31-33-35-37-40(41-39-6-3)38-36-34-32-30-28-26-24-22-20-18-16-14-12-10-8-5-2/h13-16,19-22,40-41H,4-12,17-18,23-39H2,1-3H3/b15-13-,16-14-,21-19-,22-20-. The molecule has 0 bridgehead atoms. The van der Waals surface area contributed by atoms with Crippen LogP contribution in [0.1, 0.15) is 194 Å². The largest absolute Gasteiger partial charge is 0.314 e. The van der Waals surface area contributed by atoms with Crippen LogP contribution in [0.25, 0.3) is 0 Å². The summed E-state index contributed by atoms with van der Waals surface area (Å²) in [6, 6.07) is 0.756. The summed E-state index contributed by atoms with van der Waals surface area (Å²) in [5, 5.41) is 3.85. The smallest absolute Gasteiger partial charge is 0.00670 e. The van der Waals surface area contributed by atoms with Crippen molar-refractivity contribution in [1.82, 2.24) is 5.32 Å². The molecule has 0 saturated heterocycles. The van der Waals surface area contributed by atoms with E-state index >= 15 is 0 Å². The van der Waals surface area contributed by atoms with E-state index in [-0.39, 0.29) is 0 Å². The van der Waals surface area contributed by atoms with E-state index in [1.807, 2.05) is 0 Å². The topological polar surface area (TPSA) is 12.0 Å². The molecule has 1 nitrogen and oxygen atoms in total. The van der Waals surface area contributed by atoms with Crippen LogP contribution in [0.2, 0.25) is 0 Å². The summed E-state index contributed by atoms with van der Waals surface area (Å²) in [5.41, 5.74) is 0. The van der Waals surface area contributed by atoms with Crippen molar-refractivity contribution in [3.05, 3.63) is 48.6 Å². The zero-order valence-corrected chi connectivity index (χ0v) is 28.5. The molecule has 1 N–H and O–H groups in total. The van der Waals surface area contributed by atoms with Crippen LogP contribution >= 0.6 is 0 Å². The van der Waals surface area contributed by atoms with Gasteiger partial charge < -0.3 is 5.32 Å². The maximum absolute atomic E-state index is 3.85. The minimum atomic E-state index is 0.756. The molecule has 1 heteroatoms. The second-order valence-corrected chi connectivity index (χ2v) is 12.4. The highest BCUT2D eigenvalue weighted by molar-refractivity contribution is 4.93. The number of allylic oxidation sites excluding steroid dienone is 8. The van der Waals surface area contributed by atoms with Crippen LogP contribution < -0.4 is 5.32 Å². The zero-order valence-electron chi connectivity index (χ0n) is 28.5. The van der Waals surface area contributed by atoms with Gasteiger partial charge in [-0.2, -0.15) is 0 Å². The summed E-state index contributed by atoms with van der Waals surface area (Å²) in [4.78, 5) is 0. The molecule has 0 rings (SSSR count). The van der Waals surface area contributed by atoms with Gasteiger partial charge in [0.05, 0.1) is 0 Å². The Morgan fingerprint density at radius 2 is 0.707 bits per heavy atom. The van der Waals surface area contributed by atoms with E-state index in [0.717, 1.165) is 18.9 Å². The molecule has 0 aromatic heterocycles. The second kappa shape index (κ2) is 36.9. The Morgan fingerprint density at radius 1 is 0.366 bits per heavy atom. The lowest BCUT2D eigenvalue weighted by Gasteiger charge is -2.18. The average molecular weight is 570 g/mol. The number of hydrogen-bond acceptors (Lipinski definition) is 1. The fraction of sp³-hybridized carbons (Fsp3) is 0.800. The van der Waals surface area contributed by atoms with Crippen LogP contribution in [0.5, 0.6) is 0 Å². The highest BCUT2D eigenvalue weighted by atomic mass is 14.9. The van der Waals surface area contributed by atoms with E-state index in [1.165, 1.54) is 167 Å². The van der Waals surface area contributed by atoms with Crippen LogP contribution in [0, 0.1) is 0 Å².